The van der Waals surface area contributed by atoms with Gasteiger partial charge in [-0.05, 0) is 0 Å². The Kier molecular flexibility index (Phi) is 39.0. The summed E-state index contributed by atoms with van der Waals surface area (Å²) in [6, 6.07) is 8.67. The van der Waals surface area contributed by atoms with Crippen LogP contribution >= 0.6 is 0 Å². The summed E-state index contributed by atoms with van der Waals surface area (Å²) in [6.07, 6.45) is 0. The van der Waals surface area contributed by atoms with Crippen LogP contribution in [0, 0.1) is 0 Å². The first-order valence-corrected chi connectivity index (χ1v) is 7.41. The van der Waals surface area contributed by atoms with Crippen LogP contribution in [0.25, 0.3) is 17.2 Å². The first-order chi connectivity index (χ1) is 6.80. The van der Waals surface area contributed by atoms with E-state index in [0.29, 0.717) is 0 Å². The van der Waals surface area contributed by atoms with Crippen LogP contribution in [-0.4, -0.2) is 29.9 Å². The van der Waals surface area contributed by atoms with Gasteiger partial charge >= 0.3 is 25.8 Å². The van der Waals surface area contributed by atoms with Gasteiger partial charge in [0.1, 0.15) is 0 Å². The topological polar surface area (TPSA) is 71.4 Å². The molecule has 1 aromatic carbocycles. The molecule has 1 aromatic rings. The third-order valence-electron chi connectivity index (χ3n) is 1.36. The number of nitrogens with one attached hydrogen (secondary N) is 3. The van der Waals surface area contributed by atoms with Crippen molar-refractivity contribution in [2.45, 2.75) is 13.1 Å². The molecule has 0 aliphatic carbocycles. The monoisotopic (exact) mass is 393 g/mol. The molecule has 3 nitrogen and oxygen atoms in total. The Hall–Kier alpha value is 0.317. The molecule has 0 aromatic heterocycles. The van der Waals surface area contributed by atoms with Crippen molar-refractivity contribution in [2.24, 2.45) is 0 Å². The van der Waals surface area contributed by atoms with Gasteiger partial charge < -0.3 is 17.2 Å². The third-order valence-corrected chi connectivity index (χ3v) is 3.07. The minimum absolute atomic E-state index is 0. The maximum absolute atomic E-state index is 5.75. The Morgan fingerprint density at radius 2 is 1.07 bits per heavy atom. The van der Waals surface area contributed by atoms with E-state index in [2.05, 4.69) is 37.4 Å². The van der Waals surface area contributed by atoms with Crippen molar-refractivity contribution >= 4 is 14.0 Å². The minimum Gasteiger partial charge on any atom is -0.680 e. The SMILES string of the molecule is C[NH-].C[NH-].C[NH-].C[SiH](C)[c-]1cccc1.[Hf+4]. The fourth-order valence-electron chi connectivity index (χ4n) is 0.774. The van der Waals surface area contributed by atoms with Crippen LogP contribution < -0.4 is 5.19 Å². The molecule has 0 radical (unpaired) electrons. The molecule has 0 unspecified atom stereocenters. The van der Waals surface area contributed by atoms with E-state index in [1.807, 2.05) is 0 Å². The molecule has 0 saturated carbocycles. The largest absolute Gasteiger partial charge is 4.00 e. The summed E-state index contributed by atoms with van der Waals surface area (Å²) in [6.45, 7) is 4.69. The van der Waals surface area contributed by atoms with Crippen molar-refractivity contribution in [2.75, 3.05) is 21.1 Å². The smallest absolute Gasteiger partial charge is 0.680 e. The van der Waals surface area contributed by atoms with Crippen molar-refractivity contribution in [3.8, 4) is 0 Å². The Labute approximate surface area is 115 Å². The van der Waals surface area contributed by atoms with E-state index in [0.717, 1.165) is 0 Å². The van der Waals surface area contributed by atoms with Crippen molar-refractivity contribution < 1.29 is 25.8 Å². The third kappa shape index (κ3) is 17.0. The summed E-state index contributed by atoms with van der Waals surface area (Å²) >= 11 is 0. The molecule has 0 amide bonds. The van der Waals surface area contributed by atoms with Crippen molar-refractivity contribution in [1.29, 1.82) is 0 Å². The summed E-state index contributed by atoms with van der Waals surface area (Å²) in [5.41, 5.74) is 17.2. The Balaban J connectivity index is -0.0000000755. The van der Waals surface area contributed by atoms with Crippen LogP contribution in [-0.2, 0) is 25.8 Å². The van der Waals surface area contributed by atoms with Gasteiger partial charge in [0.15, 0.2) is 0 Å². The molecule has 0 saturated heterocycles. The van der Waals surface area contributed by atoms with Gasteiger partial charge in [-0.2, -0.15) is 38.5 Å². The van der Waals surface area contributed by atoms with Gasteiger partial charge in [-0.1, -0.05) is 13.1 Å². The molecule has 0 heterocycles. The average molecular weight is 392 g/mol. The zero-order valence-corrected chi connectivity index (χ0v) is 15.1. The van der Waals surface area contributed by atoms with Gasteiger partial charge in [-0.25, -0.2) is 12.1 Å². The molecule has 0 aliphatic rings. The van der Waals surface area contributed by atoms with Gasteiger partial charge in [0.25, 0.3) is 0 Å². The van der Waals surface area contributed by atoms with E-state index in [9.17, 15) is 0 Å². The summed E-state index contributed by atoms with van der Waals surface area (Å²) in [5, 5.41) is 1.57. The summed E-state index contributed by atoms with van der Waals surface area (Å²) < 4.78 is 0. The van der Waals surface area contributed by atoms with E-state index in [1.54, 1.807) is 5.19 Å². The summed E-state index contributed by atoms with van der Waals surface area (Å²) in [7, 11) is 3.27. The van der Waals surface area contributed by atoms with E-state index < -0.39 is 8.80 Å². The van der Waals surface area contributed by atoms with Crippen LogP contribution in [0.5, 0.6) is 0 Å². The van der Waals surface area contributed by atoms with Crippen molar-refractivity contribution in [3.63, 3.8) is 0 Å². The second-order valence-corrected chi connectivity index (χ2v) is 5.35. The second-order valence-electron chi connectivity index (χ2n) is 2.37. The van der Waals surface area contributed by atoms with Gasteiger partial charge in [0.05, 0.1) is 0 Å². The Morgan fingerprint density at radius 3 is 1.20 bits per heavy atom. The van der Waals surface area contributed by atoms with Crippen LogP contribution in [0.2, 0.25) is 13.1 Å². The fraction of sp³-hybridized carbons (Fsp3) is 0.500. The Morgan fingerprint density at radius 1 is 0.800 bits per heavy atom. The van der Waals surface area contributed by atoms with Crippen molar-refractivity contribution in [1.82, 2.24) is 0 Å². The molecule has 0 aliphatic heterocycles. The van der Waals surface area contributed by atoms with Gasteiger partial charge in [0, 0.05) is 8.80 Å². The summed E-state index contributed by atoms with van der Waals surface area (Å²) in [4.78, 5) is 0. The first kappa shape index (κ1) is 24.5. The van der Waals surface area contributed by atoms with E-state index >= 15 is 0 Å². The van der Waals surface area contributed by atoms with E-state index in [-0.39, 0.29) is 25.8 Å². The maximum atomic E-state index is 5.75. The first-order valence-electron chi connectivity index (χ1n) is 4.52. The Bertz CT molecular complexity index is 156. The van der Waals surface area contributed by atoms with E-state index in [4.69, 9.17) is 17.2 Å². The predicted octanol–water partition coefficient (Wildman–Crippen LogP) is 3.10. The number of hydrogen-bond acceptors (Lipinski definition) is 0. The predicted molar refractivity (Wildman–Crippen MR) is 71.3 cm³/mol. The van der Waals surface area contributed by atoms with Crippen LogP contribution in [0.3, 0.4) is 0 Å². The zero-order chi connectivity index (χ0) is 12.0. The average Bonchev–Trinajstić information content (AvgIpc) is 2.80. The molecule has 0 spiro atoms. The molecule has 1 rings (SSSR count). The fourth-order valence-corrected chi connectivity index (χ4v) is 1.77. The molecule has 0 fully saturated rings. The molecule has 0 bridgehead atoms. The molecule has 86 valence electrons. The molecular weight excluding hydrogens is 369 g/mol. The minimum atomic E-state index is -0.480. The van der Waals surface area contributed by atoms with Crippen LogP contribution in [0.4, 0.5) is 0 Å². The summed E-state index contributed by atoms with van der Waals surface area (Å²) in [5.74, 6) is 0. The van der Waals surface area contributed by atoms with Gasteiger partial charge in [0.2, 0.25) is 0 Å². The molecular formula is C10H23HfN3Si. The number of hydrogen-bond donors (Lipinski definition) is 0. The normalized spacial score (nSPS) is 6.73. The quantitative estimate of drug-likeness (QED) is 0.521. The van der Waals surface area contributed by atoms with Crippen LogP contribution in [0.1, 0.15) is 0 Å². The molecule has 3 N–H and O–H groups in total. The molecule has 15 heavy (non-hydrogen) atoms. The van der Waals surface area contributed by atoms with Gasteiger partial charge in [-0.3, -0.25) is 0 Å². The van der Waals surface area contributed by atoms with Crippen molar-refractivity contribution in [3.05, 3.63) is 41.5 Å². The zero-order valence-electron chi connectivity index (χ0n) is 10.4. The standard InChI is InChI=1S/C7H11Si.3CH4N.Hf/c1-8(2)7-5-3-4-6-7;3*1-2;/h3-6,8H,1-2H3;3*2H,1H3;/q4*-1;+4. The molecule has 0 atom stereocenters. The molecule has 5 heteroatoms. The van der Waals surface area contributed by atoms with Crippen LogP contribution in [0.15, 0.2) is 24.3 Å². The second kappa shape index (κ2) is 23.9. The number of rotatable bonds is 1. The maximum Gasteiger partial charge on any atom is 4.00 e. The van der Waals surface area contributed by atoms with E-state index in [1.165, 1.54) is 21.1 Å². The van der Waals surface area contributed by atoms with Gasteiger partial charge in [-0.15, -0.1) is 0 Å².